The van der Waals surface area contributed by atoms with Crippen molar-refractivity contribution in [1.29, 1.82) is 0 Å². The van der Waals surface area contributed by atoms with E-state index in [0.29, 0.717) is 17.9 Å². The van der Waals surface area contributed by atoms with Gasteiger partial charge in [-0.05, 0) is 26.8 Å². The fourth-order valence-electron chi connectivity index (χ4n) is 2.81. The first kappa shape index (κ1) is 22.6. The van der Waals surface area contributed by atoms with Crippen LogP contribution < -0.4 is 4.72 Å². The molecule has 2 heterocycles. The van der Waals surface area contributed by atoms with Crippen LogP contribution in [0.5, 0.6) is 0 Å². The van der Waals surface area contributed by atoms with Gasteiger partial charge in [-0.3, -0.25) is 9.59 Å². The molecule has 0 aromatic carbocycles. The minimum Gasteiger partial charge on any atom is -0.457 e. The van der Waals surface area contributed by atoms with Crippen molar-refractivity contribution in [3.05, 3.63) is 47.7 Å². The number of aryl methyl sites for hydroxylation is 3. The van der Waals surface area contributed by atoms with Crippen molar-refractivity contribution in [3.63, 3.8) is 0 Å². The van der Waals surface area contributed by atoms with Crippen LogP contribution in [0.4, 0.5) is 0 Å². The SMILES string of the molecule is C=CCn1c(C)cc(C(=O)COC(=O)CCNS(=O)(=O)c2cn(C)c(C)n2)c1C. The largest absolute Gasteiger partial charge is 0.457 e. The number of hydrogen-bond donors (Lipinski definition) is 1. The number of ether oxygens (including phenoxy) is 1. The van der Waals surface area contributed by atoms with Crippen molar-refractivity contribution < 1.29 is 22.7 Å². The van der Waals surface area contributed by atoms with Gasteiger partial charge in [-0.15, -0.1) is 6.58 Å². The number of sulfonamides is 1. The maximum atomic E-state index is 12.4. The highest BCUT2D eigenvalue weighted by molar-refractivity contribution is 7.89. The van der Waals surface area contributed by atoms with Crippen LogP contribution in [0, 0.1) is 20.8 Å². The maximum absolute atomic E-state index is 12.4. The number of hydrogen-bond acceptors (Lipinski definition) is 6. The van der Waals surface area contributed by atoms with Gasteiger partial charge in [0.2, 0.25) is 5.78 Å². The van der Waals surface area contributed by atoms with E-state index in [1.165, 1.54) is 6.20 Å². The van der Waals surface area contributed by atoms with E-state index < -0.39 is 22.6 Å². The van der Waals surface area contributed by atoms with Crippen molar-refractivity contribution >= 4 is 21.8 Å². The number of Topliss-reactive ketones (excluding diaryl/α,β-unsaturated/α-hetero) is 1. The number of nitrogens with zero attached hydrogens (tertiary/aromatic N) is 3. The van der Waals surface area contributed by atoms with Crippen LogP contribution in [0.3, 0.4) is 0 Å². The zero-order chi connectivity index (χ0) is 21.8. The Balaban J connectivity index is 1.85. The van der Waals surface area contributed by atoms with E-state index in [1.54, 1.807) is 30.7 Å². The van der Waals surface area contributed by atoms with Crippen LogP contribution >= 0.6 is 0 Å². The van der Waals surface area contributed by atoms with Crippen LogP contribution in [0.25, 0.3) is 0 Å². The molecule has 0 aliphatic carbocycles. The van der Waals surface area contributed by atoms with Gasteiger partial charge in [0, 0.05) is 43.3 Å². The summed E-state index contributed by atoms with van der Waals surface area (Å²) in [7, 11) is -2.13. The fourth-order valence-corrected chi connectivity index (χ4v) is 3.87. The van der Waals surface area contributed by atoms with E-state index in [4.69, 9.17) is 4.74 Å². The molecule has 0 unspecified atom stereocenters. The number of ketones is 1. The molecule has 0 spiro atoms. The Labute approximate surface area is 170 Å². The summed E-state index contributed by atoms with van der Waals surface area (Å²) in [4.78, 5) is 28.2. The molecule has 1 N–H and O–H groups in total. The molecule has 0 aliphatic heterocycles. The van der Waals surface area contributed by atoms with Crippen molar-refractivity contribution in [3.8, 4) is 0 Å². The number of carbonyl (C=O) groups is 2. The van der Waals surface area contributed by atoms with Gasteiger partial charge < -0.3 is 13.9 Å². The highest BCUT2D eigenvalue weighted by Gasteiger charge is 2.20. The Hall–Kier alpha value is -2.72. The summed E-state index contributed by atoms with van der Waals surface area (Å²) in [6.45, 7) is 9.11. The van der Waals surface area contributed by atoms with Crippen molar-refractivity contribution in [1.82, 2.24) is 18.8 Å². The maximum Gasteiger partial charge on any atom is 0.307 e. The second kappa shape index (κ2) is 9.19. The number of carbonyl (C=O) groups excluding carboxylic acids is 2. The van der Waals surface area contributed by atoms with E-state index in [-0.39, 0.29) is 23.8 Å². The number of allylic oxidation sites excluding steroid dienone is 1. The van der Waals surface area contributed by atoms with Crippen LogP contribution in [-0.2, 0) is 33.1 Å². The molecule has 2 aromatic heterocycles. The highest BCUT2D eigenvalue weighted by atomic mass is 32.2. The second-order valence-electron chi connectivity index (χ2n) is 6.65. The molecular formula is C19H26N4O5S. The smallest absolute Gasteiger partial charge is 0.307 e. The molecule has 9 nitrogen and oxygen atoms in total. The van der Waals surface area contributed by atoms with Crippen molar-refractivity contribution in [2.75, 3.05) is 13.2 Å². The van der Waals surface area contributed by atoms with Gasteiger partial charge in [-0.2, -0.15) is 0 Å². The minimum absolute atomic E-state index is 0.115. The average Bonchev–Trinajstić information content (AvgIpc) is 3.14. The summed E-state index contributed by atoms with van der Waals surface area (Å²) in [5.41, 5.74) is 2.18. The number of aromatic nitrogens is 3. The van der Waals surface area contributed by atoms with Crippen LogP contribution in [-0.4, -0.2) is 47.4 Å². The monoisotopic (exact) mass is 422 g/mol. The van der Waals surface area contributed by atoms with Crippen LogP contribution in [0.15, 0.2) is 29.9 Å². The summed E-state index contributed by atoms with van der Waals surface area (Å²) < 4.78 is 35.1. The molecule has 2 aromatic rings. The van der Waals surface area contributed by atoms with Crippen molar-refractivity contribution in [2.45, 2.75) is 38.8 Å². The molecule has 0 aliphatic rings. The van der Waals surface area contributed by atoms with Crippen LogP contribution in [0.1, 0.15) is 34.0 Å². The molecule has 29 heavy (non-hydrogen) atoms. The van der Waals surface area contributed by atoms with Gasteiger partial charge in [0.05, 0.1) is 6.42 Å². The summed E-state index contributed by atoms with van der Waals surface area (Å²) in [6.07, 6.45) is 2.92. The molecule has 0 saturated heterocycles. The lowest BCUT2D eigenvalue weighted by atomic mass is 10.1. The van der Waals surface area contributed by atoms with E-state index in [9.17, 15) is 18.0 Å². The van der Waals surface area contributed by atoms with Gasteiger partial charge in [0.1, 0.15) is 5.82 Å². The van der Waals surface area contributed by atoms with E-state index in [2.05, 4.69) is 16.3 Å². The third kappa shape index (κ3) is 5.42. The molecule has 0 saturated carbocycles. The summed E-state index contributed by atoms with van der Waals surface area (Å²) in [6, 6.07) is 1.75. The zero-order valence-electron chi connectivity index (χ0n) is 17.1. The molecule has 2 rings (SSSR count). The van der Waals surface area contributed by atoms with E-state index in [0.717, 1.165) is 11.4 Å². The first-order chi connectivity index (χ1) is 13.6. The first-order valence-electron chi connectivity index (χ1n) is 9.03. The quantitative estimate of drug-likeness (QED) is 0.352. The Bertz CT molecular complexity index is 1010. The summed E-state index contributed by atoms with van der Waals surface area (Å²) in [5, 5.41) is -0.115. The third-order valence-corrected chi connectivity index (χ3v) is 5.86. The van der Waals surface area contributed by atoms with Gasteiger partial charge in [0.25, 0.3) is 10.0 Å². The summed E-state index contributed by atoms with van der Waals surface area (Å²) in [5.74, 6) is -0.430. The zero-order valence-corrected chi connectivity index (χ0v) is 17.9. The van der Waals surface area contributed by atoms with Crippen LogP contribution in [0.2, 0.25) is 0 Å². The lowest BCUT2D eigenvalue weighted by Crippen LogP contribution is -2.27. The third-order valence-electron chi connectivity index (χ3n) is 4.53. The molecule has 10 heteroatoms. The molecule has 0 amide bonds. The van der Waals surface area contributed by atoms with Gasteiger partial charge >= 0.3 is 5.97 Å². The predicted octanol–water partition coefficient (Wildman–Crippen LogP) is 1.43. The van der Waals surface area contributed by atoms with Gasteiger partial charge in [-0.25, -0.2) is 18.1 Å². The minimum atomic E-state index is -3.81. The fraction of sp³-hybridized carbons (Fsp3) is 0.421. The molecule has 0 bridgehead atoms. The molecule has 0 fully saturated rings. The Morgan fingerprint density at radius 2 is 2.00 bits per heavy atom. The number of esters is 1. The predicted molar refractivity (Wildman–Crippen MR) is 107 cm³/mol. The Morgan fingerprint density at radius 1 is 1.31 bits per heavy atom. The number of nitrogens with one attached hydrogen (secondary N) is 1. The average molecular weight is 423 g/mol. The summed E-state index contributed by atoms with van der Waals surface area (Å²) >= 11 is 0. The topological polar surface area (TPSA) is 112 Å². The highest BCUT2D eigenvalue weighted by Crippen LogP contribution is 2.16. The number of imidazole rings is 1. The molecular weight excluding hydrogens is 396 g/mol. The number of rotatable bonds is 10. The van der Waals surface area contributed by atoms with Gasteiger partial charge in [-0.1, -0.05) is 6.08 Å². The molecule has 0 radical (unpaired) electrons. The Kier molecular flexibility index (Phi) is 7.15. The Morgan fingerprint density at radius 3 is 2.59 bits per heavy atom. The van der Waals surface area contributed by atoms with Crippen molar-refractivity contribution in [2.24, 2.45) is 7.05 Å². The molecule has 158 valence electrons. The standard InChI is InChI=1S/C19H26N4O5S/c1-6-9-23-13(2)10-16(14(23)3)17(24)12-28-19(25)7-8-20-29(26,27)18-11-22(5)15(4)21-18/h6,10-11,20H,1,7-9,12H2,2-5H3. The first-order valence-corrected chi connectivity index (χ1v) is 10.5. The molecule has 0 atom stereocenters. The second-order valence-corrected chi connectivity index (χ2v) is 8.37. The van der Waals surface area contributed by atoms with Gasteiger partial charge in [0.15, 0.2) is 11.6 Å². The normalized spacial score (nSPS) is 11.4. The van der Waals surface area contributed by atoms with E-state index >= 15 is 0 Å². The van der Waals surface area contributed by atoms with E-state index in [1.807, 2.05) is 18.4 Å². The lowest BCUT2D eigenvalue weighted by Gasteiger charge is -2.07. The lowest BCUT2D eigenvalue weighted by molar-refractivity contribution is -0.142.